The minimum absolute atomic E-state index is 0.0943. The van der Waals surface area contributed by atoms with Crippen molar-refractivity contribution in [2.24, 2.45) is 0 Å². The number of rotatable bonds is 7. The molecule has 0 saturated heterocycles. The van der Waals surface area contributed by atoms with E-state index in [4.69, 9.17) is 0 Å². The number of amides is 1. The molecule has 1 atom stereocenters. The van der Waals surface area contributed by atoms with Crippen LogP contribution in [0.3, 0.4) is 0 Å². The molecule has 0 saturated carbocycles. The molecule has 162 valence electrons. The number of hydrogen-bond donors (Lipinski definition) is 3. The molecule has 3 rings (SSSR count). The second-order valence-corrected chi connectivity index (χ2v) is 9.44. The van der Waals surface area contributed by atoms with Crippen LogP contribution in [0.25, 0.3) is 11.1 Å². The lowest BCUT2D eigenvalue weighted by molar-refractivity contribution is -0.114. The lowest BCUT2D eigenvalue weighted by Gasteiger charge is -2.25. The van der Waals surface area contributed by atoms with Crippen LogP contribution in [0.4, 0.5) is 5.69 Å². The molecule has 0 heterocycles. The fourth-order valence-electron chi connectivity index (χ4n) is 3.30. The van der Waals surface area contributed by atoms with Crippen molar-refractivity contribution in [2.45, 2.75) is 31.3 Å². The Kier molecular flexibility index (Phi) is 6.59. The standard InChI is InChI=1S/C24H26N2O4S/c1-17-15-22(26-18(2)27)13-14-23(17)31(29,30)25-16-24(3,28)21-11-9-20(10-12-21)19-7-5-4-6-8-19/h4-15,25,28H,16H2,1-3H3,(H,26,27). The van der Waals surface area contributed by atoms with Crippen molar-refractivity contribution in [3.05, 3.63) is 83.9 Å². The summed E-state index contributed by atoms with van der Waals surface area (Å²) in [6, 6.07) is 21.8. The van der Waals surface area contributed by atoms with Crippen LogP contribution >= 0.6 is 0 Å². The van der Waals surface area contributed by atoms with E-state index in [0.717, 1.165) is 11.1 Å². The summed E-state index contributed by atoms with van der Waals surface area (Å²) in [4.78, 5) is 11.3. The van der Waals surface area contributed by atoms with Crippen molar-refractivity contribution in [1.82, 2.24) is 4.72 Å². The van der Waals surface area contributed by atoms with E-state index in [1.807, 2.05) is 42.5 Å². The first-order chi connectivity index (χ1) is 14.6. The number of aryl methyl sites for hydroxylation is 1. The number of anilines is 1. The number of benzene rings is 3. The molecular weight excluding hydrogens is 412 g/mol. The van der Waals surface area contributed by atoms with Gasteiger partial charge >= 0.3 is 0 Å². The maximum absolute atomic E-state index is 12.8. The largest absolute Gasteiger partial charge is 0.384 e. The third kappa shape index (κ3) is 5.58. The molecule has 31 heavy (non-hydrogen) atoms. The molecule has 7 heteroatoms. The minimum Gasteiger partial charge on any atom is -0.384 e. The van der Waals surface area contributed by atoms with E-state index in [-0.39, 0.29) is 17.3 Å². The van der Waals surface area contributed by atoms with Gasteiger partial charge in [-0.1, -0.05) is 54.6 Å². The molecule has 0 bridgehead atoms. The van der Waals surface area contributed by atoms with Crippen LogP contribution in [-0.4, -0.2) is 26.0 Å². The van der Waals surface area contributed by atoms with Crippen molar-refractivity contribution < 1.29 is 18.3 Å². The highest BCUT2D eigenvalue weighted by atomic mass is 32.2. The zero-order valence-corrected chi connectivity index (χ0v) is 18.5. The van der Waals surface area contributed by atoms with Gasteiger partial charge in [0.2, 0.25) is 15.9 Å². The summed E-state index contributed by atoms with van der Waals surface area (Å²) >= 11 is 0. The topological polar surface area (TPSA) is 95.5 Å². The Bertz CT molecular complexity index is 1170. The van der Waals surface area contributed by atoms with Crippen LogP contribution in [0.5, 0.6) is 0 Å². The molecule has 3 N–H and O–H groups in total. The predicted molar refractivity (Wildman–Crippen MR) is 122 cm³/mol. The Balaban J connectivity index is 1.74. The molecule has 0 aliphatic rings. The van der Waals surface area contributed by atoms with Crippen molar-refractivity contribution in [2.75, 3.05) is 11.9 Å². The Labute approximate surface area is 183 Å². The van der Waals surface area contributed by atoms with Crippen LogP contribution in [0.2, 0.25) is 0 Å². The van der Waals surface area contributed by atoms with Crippen molar-refractivity contribution in [3.63, 3.8) is 0 Å². The lowest BCUT2D eigenvalue weighted by Crippen LogP contribution is -2.38. The predicted octanol–water partition coefficient (Wildman–Crippen LogP) is 3.81. The third-order valence-electron chi connectivity index (χ3n) is 5.01. The Morgan fingerprint density at radius 1 is 0.968 bits per heavy atom. The van der Waals surface area contributed by atoms with Gasteiger partial charge < -0.3 is 10.4 Å². The lowest BCUT2D eigenvalue weighted by atomic mass is 9.94. The SMILES string of the molecule is CC(=O)Nc1ccc(S(=O)(=O)NCC(C)(O)c2ccc(-c3ccccc3)cc2)c(C)c1. The summed E-state index contributed by atoms with van der Waals surface area (Å²) in [6.07, 6.45) is 0. The maximum atomic E-state index is 12.8. The summed E-state index contributed by atoms with van der Waals surface area (Å²) in [7, 11) is -3.85. The molecule has 0 radical (unpaired) electrons. The van der Waals surface area contributed by atoms with E-state index >= 15 is 0 Å². The first-order valence-corrected chi connectivity index (χ1v) is 11.3. The Morgan fingerprint density at radius 3 is 2.16 bits per heavy atom. The molecule has 0 aliphatic carbocycles. The third-order valence-corrected chi connectivity index (χ3v) is 6.57. The summed E-state index contributed by atoms with van der Waals surface area (Å²) in [5, 5.41) is 13.5. The summed E-state index contributed by atoms with van der Waals surface area (Å²) in [5.74, 6) is -0.234. The van der Waals surface area contributed by atoms with Gasteiger partial charge in [-0.2, -0.15) is 0 Å². The van der Waals surface area contributed by atoms with Crippen molar-refractivity contribution >= 4 is 21.6 Å². The first-order valence-electron chi connectivity index (χ1n) is 9.85. The van der Waals surface area contributed by atoms with E-state index in [1.54, 1.807) is 32.0 Å². The van der Waals surface area contributed by atoms with Gasteiger partial charge in [-0.25, -0.2) is 13.1 Å². The van der Waals surface area contributed by atoms with Gasteiger partial charge in [0.15, 0.2) is 0 Å². The highest BCUT2D eigenvalue weighted by Crippen LogP contribution is 2.26. The molecule has 0 aromatic heterocycles. The number of carbonyl (C=O) groups is 1. The van der Waals surface area contributed by atoms with Gasteiger partial charge in [-0.3, -0.25) is 4.79 Å². The van der Waals surface area contributed by atoms with E-state index in [2.05, 4.69) is 10.0 Å². The molecule has 6 nitrogen and oxygen atoms in total. The molecule has 1 amide bonds. The van der Waals surface area contributed by atoms with Crippen LogP contribution in [0, 0.1) is 6.92 Å². The summed E-state index contributed by atoms with van der Waals surface area (Å²) in [6.45, 7) is 4.42. The molecule has 0 fully saturated rings. The fourth-order valence-corrected chi connectivity index (χ4v) is 4.66. The molecule has 0 spiro atoms. The zero-order chi connectivity index (χ0) is 22.6. The van der Waals surface area contributed by atoms with Gasteiger partial charge in [0.1, 0.15) is 5.60 Å². The average Bonchev–Trinajstić information content (AvgIpc) is 2.73. The van der Waals surface area contributed by atoms with E-state index in [9.17, 15) is 18.3 Å². The minimum atomic E-state index is -3.85. The van der Waals surface area contributed by atoms with Crippen LogP contribution in [0.1, 0.15) is 25.0 Å². The average molecular weight is 439 g/mol. The second kappa shape index (κ2) is 9.01. The van der Waals surface area contributed by atoms with Gasteiger partial charge in [0.05, 0.1) is 4.90 Å². The van der Waals surface area contributed by atoms with E-state index in [1.165, 1.54) is 19.1 Å². The van der Waals surface area contributed by atoms with Gasteiger partial charge in [0, 0.05) is 19.2 Å². The maximum Gasteiger partial charge on any atom is 0.240 e. The van der Waals surface area contributed by atoms with Crippen LogP contribution in [0.15, 0.2) is 77.7 Å². The highest BCUT2D eigenvalue weighted by Gasteiger charge is 2.27. The van der Waals surface area contributed by atoms with Gasteiger partial charge in [-0.05, 0) is 54.3 Å². The normalized spacial score (nSPS) is 13.4. The van der Waals surface area contributed by atoms with E-state index in [0.29, 0.717) is 16.8 Å². The number of aliphatic hydroxyl groups is 1. The van der Waals surface area contributed by atoms with Crippen molar-refractivity contribution in [1.29, 1.82) is 0 Å². The monoisotopic (exact) mass is 438 g/mol. The number of nitrogens with one attached hydrogen (secondary N) is 2. The summed E-state index contributed by atoms with van der Waals surface area (Å²) in [5.41, 5.74) is 2.29. The molecule has 3 aromatic carbocycles. The number of carbonyl (C=O) groups excluding carboxylic acids is 1. The Hall–Kier alpha value is -3.00. The summed E-state index contributed by atoms with van der Waals surface area (Å²) < 4.78 is 28.1. The van der Waals surface area contributed by atoms with Gasteiger partial charge in [0.25, 0.3) is 0 Å². The number of hydrogen-bond acceptors (Lipinski definition) is 4. The smallest absolute Gasteiger partial charge is 0.240 e. The van der Waals surface area contributed by atoms with Crippen molar-refractivity contribution in [3.8, 4) is 11.1 Å². The fraction of sp³-hybridized carbons (Fsp3) is 0.208. The second-order valence-electron chi connectivity index (χ2n) is 7.70. The van der Waals surface area contributed by atoms with Gasteiger partial charge in [-0.15, -0.1) is 0 Å². The first kappa shape index (κ1) is 22.7. The van der Waals surface area contributed by atoms with Crippen LogP contribution in [-0.2, 0) is 20.4 Å². The highest BCUT2D eigenvalue weighted by molar-refractivity contribution is 7.89. The molecular formula is C24H26N2O4S. The quantitative estimate of drug-likeness (QED) is 0.523. The van der Waals surface area contributed by atoms with E-state index < -0.39 is 15.6 Å². The number of sulfonamides is 1. The zero-order valence-electron chi connectivity index (χ0n) is 17.7. The Morgan fingerprint density at radius 2 is 1.58 bits per heavy atom. The van der Waals surface area contributed by atoms with Crippen LogP contribution < -0.4 is 10.0 Å². The molecule has 1 unspecified atom stereocenters. The molecule has 3 aromatic rings. The molecule has 0 aliphatic heterocycles.